The molecule has 0 heterocycles. The molecule has 0 saturated heterocycles. The van der Waals surface area contributed by atoms with Crippen molar-refractivity contribution in [1.82, 2.24) is 0 Å². The fourth-order valence-corrected chi connectivity index (χ4v) is 3.21. The predicted molar refractivity (Wildman–Crippen MR) is 80.9 cm³/mol. The van der Waals surface area contributed by atoms with E-state index in [1.807, 2.05) is 4.90 Å². The molecule has 1 fully saturated rings. The van der Waals surface area contributed by atoms with E-state index in [1.165, 1.54) is 18.9 Å². The highest BCUT2D eigenvalue weighted by Gasteiger charge is 2.35. The van der Waals surface area contributed by atoms with Crippen molar-refractivity contribution >= 4 is 17.3 Å². The molecule has 0 aromatic heterocycles. The maximum atomic E-state index is 13.3. The Morgan fingerprint density at radius 1 is 1.14 bits per heavy atom. The number of hydrogen-bond donors (Lipinski definition) is 0. The summed E-state index contributed by atoms with van der Waals surface area (Å²) in [6.45, 7) is 0. The average Bonchev–Trinajstić information content (AvgIpc) is 2.74. The summed E-state index contributed by atoms with van der Waals surface area (Å²) in [4.78, 5) is 1.81. The summed E-state index contributed by atoms with van der Waals surface area (Å²) in [5.41, 5.74) is 0.192. The summed E-state index contributed by atoms with van der Waals surface area (Å²) < 4.78 is 39.9. The summed E-state index contributed by atoms with van der Waals surface area (Å²) in [5, 5.41) is 0. The van der Waals surface area contributed by atoms with Gasteiger partial charge in [-0.2, -0.15) is 13.2 Å². The van der Waals surface area contributed by atoms with Crippen molar-refractivity contribution in [2.75, 3.05) is 11.9 Å². The van der Waals surface area contributed by atoms with Crippen LogP contribution in [0.15, 0.2) is 18.2 Å². The summed E-state index contributed by atoms with van der Waals surface area (Å²) in [7, 11) is 1.78. The van der Waals surface area contributed by atoms with Gasteiger partial charge in [-0.05, 0) is 30.5 Å². The van der Waals surface area contributed by atoms with Crippen LogP contribution in [-0.2, 0) is 12.1 Å². The number of halogens is 4. The van der Waals surface area contributed by atoms with Crippen LogP contribution in [0.25, 0.3) is 0 Å². The number of hydrogen-bond acceptors (Lipinski definition) is 1. The van der Waals surface area contributed by atoms with E-state index < -0.39 is 11.7 Å². The molecule has 1 aliphatic rings. The van der Waals surface area contributed by atoms with Crippen LogP contribution in [0.3, 0.4) is 0 Å². The van der Waals surface area contributed by atoms with Gasteiger partial charge in [0.2, 0.25) is 0 Å². The normalized spacial score (nSPS) is 17.6. The molecule has 0 unspecified atom stereocenters. The first-order valence-electron chi connectivity index (χ1n) is 7.42. The van der Waals surface area contributed by atoms with E-state index in [9.17, 15) is 13.2 Å². The summed E-state index contributed by atoms with van der Waals surface area (Å²) in [5.74, 6) is 0.0938. The molecule has 0 radical (unpaired) electrons. The largest absolute Gasteiger partial charge is 0.418 e. The van der Waals surface area contributed by atoms with Crippen LogP contribution in [-0.4, -0.2) is 13.1 Å². The van der Waals surface area contributed by atoms with Crippen molar-refractivity contribution in [2.24, 2.45) is 0 Å². The topological polar surface area (TPSA) is 3.24 Å². The van der Waals surface area contributed by atoms with E-state index in [4.69, 9.17) is 11.6 Å². The molecule has 1 nitrogen and oxygen atoms in total. The molecule has 5 heteroatoms. The molecule has 0 bridgehead atoms. The number of rotatable bonds is 3. The zero-order chi connectivity index (χ0) is 15.5. The Balaban J connectivity index is 2.32. The van der Waals surface area contributed by atoms with E-state index >= 15 is 0 Å². The first kappa shape index (κ1) is 16.5. The lowest BCUT2D eigenvalue weighted by molar-refractivity contribution is -0.137. The third-order valence-electron chi connectivity index (χ3n) is 4.27. The SMILES string of the molecule is CN(c1ccc(CCl)cc1C(F)(F)F)C1CCCCCC1. The Morgan fingerprint density at radius 2 is 1.76 bits per heavy atom. The third-order valence-corrected chi connectivity index (χ3v) is 4.58. The van der Waals surface area contributed by atoms with Gasteiger partial charge in [0.05, 0.1) is 5.56 Å². The van der Waals surface area contributed by atoms with Gasteiger partial charge in [0.15, 0.2) is 0 Å². The standard InChI is InChI=1S/C16H21ClF3N/c1-21(13-6-4-2-3-5-7-13)15-9-8-12(11-17)10-14(15)16(18,19)20/h8-10,13H,2-7,11H2,1H3. The van der Waals surface area contributed by atoms with E-state index in [1.54, 1.807) is 19.2 Å². The minimum Gasteiger partial charge on any atom is -0.371 e. The highest BCUT2D eigenvalue weighted by Crippen LogP contribution is 2.39. The van der Waals surface area contributed by atoms with Crippen molar-refractivity contribution < 1.29 is 13.2 Å². The first-order chi connectivity index (χ1) is 9.93. The predicted octanol–water partition coefficient (Wildman–Crippen LogP) is 5.60. The molecule has 1 aliphatic carbocycles. The van der Waals surface area contributed by atoms with Gasteiger partial charge in [0.25, 0.3) is 0 Å². The Kier molecular flexibility index (Phi) is 5.42. The van der Waals surface area contributed by atoms with Crippen molar-refractivity contribution in [3.63, 3.8) is 0 Å². The number of nitrogens with zero attached hydrogens (tertiary/aromatic N) is 1. The smallest absolute Gasteiger partial charge is 0.371 e. The zero-order valence-corrected chi connectivity index (χ0v) is 13.0. The molecule has 21 heavy (non-hydrogen) atoms. The molecule has 0 atom stereocenters. The molecule has 1 aromatic carbocycles. The van der Waals surface area contributed by atoms with Gasteiger partial charge in [-0.15, -0.1) is 11.6 Å². The second-order valence-corrected chi connectivity index (χ2v) is 6.01. The highest BCUT2D eigenvalue weighted by molar-refractivity contribution is 6.17. The molecule has 118 valence electrons. The molecule has 2 rings (SSSR count). The lowest BCUT2D eigenvalue weighted by Gasteiger charge is -2.31. The van der Waals surface area contributed by atoms with Crippen LogP contribution in [0.2, 0.25) is 0 Å². The fraction of sp³-hybridized carbons (Fsp3) is 0.625. The summed E-state index contributed by atoms with van der Waals surface area (Å²) >= 11 is 5.67. The Labute approximate surface area is 129 Å². The van der Waals surface area contributed by atoms with Crippen LogP contribution in [0.4, 0.5) is 18.9 Å². The highest BCUT2D eigenvalue weighted by atomic mass is 35.5. The Morgan fingerprint density at radius 3 is 2.29 bits per heavy atom. The molecule has 0 aliphatic heterocycles. The fourth-order valence-electron chi connectivity index (χ4n) is 3.04. The second kappa shape index (κ2) is 6.91. The Bertz CT molecular complexity index is 465. The van der Waals surface area contributed by atoms with Crippen molar-refractivity contribution in [3.05, 3.63) is 29.3 Å². The van der Waals surface area contributed by atoms with Gasteiger partial charge in [0.1, 0.15) is 0 Å². The van der Waals surface area contributed by atoms with Crippen LogP contribution in [0.1, 0.15) is 49.7 Å². The lowest BCUT2D eigenvalue weighted by Crippen LogP contribution is -2.32. The molecule has 0 amide bonds. The minimum atomic E-state index is -4.35. The zero-order valence-electron chi connectivity index (χ0n) is 12.2. The van der Waals surface area contributed by atoms with E-state index in [2.05, 4.69) is 0 Å². The van der Waals surface area contributed by atoms with E-state index in [-0.39, 0.29) is 17.6 Å². The van der Waals surface area contributed by atoms with Crippen molar-refractivity contribution in [1.29, 1.82) is 0 Å². The lowest BCUT2D eigenvalue weighted by atomic mass is 10.0. The van der Waals surface area contributed by atoms with Crippen molar-refractivity contribution in [3.8, 4) is 0 Å². The number of benzene rings is 1. The van der Waals surface area contributed by atoms with Crippen LogP contribution in [0, 0.1) is 0 Å². The minimum absolute atomic E-state index is 0.0938. The van der Waals surface area contributed by atoms with Gasteiger partial charge < -0.3 is 4.90 Å². The monoisotopic (exact) mass is 319 g/mol. The van der Waals surface area contributed by atoms with Crippen molar-refractivity contribution in [2.45, 2.75) is 56.6 Å². The second-order valence-electron chi connectivity index (χ2n) is 5.74. The van der Waals surface area contributed by atoms with Crippen LogP contribution in [0.5, 0.6) is 0 Å². The van der Waals surface area contributed by atoms with Gasteiger partial charge in [-0.25, -0.2) is 0 Å². The van der Waals surface area contributed by atoms with Crippen LogP contribution >= 0.6 is 11.6 Å². The number of anilines is 1. The van der Waals surface area contributed by atoms with Gasteiger partial charge in [-0.1, -0.05) is 31.7 Å². The summed E-state index contributed by atoms with van der Waals surface area (Å²) in [6.07, 6.45) is 2.13. The van der Waals surface area contributed by atoms with Gasteiger partial charge in [0, 0.05) is 24.7 Å². The Hall–Kier alpha value is -0.900. The summed E-state index contributed by atoms with van der Waals surface area (Å²) in [6, 6.07) is 4.61. The maximum Gasteiger partial charge on any atom is 0.418 e. The van der Waals surface area contributed by atoms with Crippen LogP contribution < -0.4 is 4.90 Å². The average molecular weight is 320 g/mol. The molecule has 1 saturated carbocycles. The van der Waals surface area contributed by atoms with Gasteiger partial charge >= 0.3 is 6.18 Å². The van der Waals surface area contributed by atoms with Gasteiger partial charge in [-0.3, -0.25) is 0 Å². The van der Waals surface area contributed by atoms with E-state index in [0.717, 1.165) is 25.7 Å². The quantitative estimate of drug-likeness (QED) is 0.517. The molecule has 0 N–H and O–H groups in total. The number of alkyl halides is 4. The molecular weight excluding hydrogens is 299 g/mol. The third kappa shape index (κ3) is 4.06. The van der Waals surface area contributed by atoms with E-state index in [0.29, 0.717) is 5.56 Å². The molecule has 0 spiro atoms. The molecular formula is C16H21ClF3N. The maximum absolute atomic E-state index is 13.3. The first-order valence-corrected chi connectivity index (χ1v) is 7.96. The molecule has 1 aromatic rings.